The van der Waals surface area contributed by atoms with Crippen molar-refractivity contribution in [3.05, 3.63) is 64.7 Å². The van der Waals surface area contributed by atoms with Crippen LogP contribution in [0.5, 0.6) is 0 Å². The summed E-state index contributed by atoms with van der Waals surface area (Å²) in [7, 11) is 2.23. The SMILES string of the molecule is CN1CCC(C(C)(C)Cc2ccc3c(c2)CC(C(C)(C)C)CC3)c2ccccc21. The van der Waals surface area contributed by atoms with Gasteiger partial charge in [0.15, 0.2) is 0 Å². The van der Waals surface area contributed by atoms with Crippen LogP contribution in [-0.4, -0.2) is 13.6 Å². The van der Waals surface area contributed by atoms with Crippen LogP contribution in [0, 0.1) is 16.7 Å². The molecule has 2 atom stereocenters. The van der Waals surface area contributed by atoms with Gasteiger partial charge in [-0.2, -0.15) is 0 Å². The Morgan fingerprint density at radius 2 is 1.69 bits per heavy atom. The number of anilines is 1. The highest BCUT2D eigenvalue weighted by Crippen LogP contribution is 2.47. The first kappa shape index (κ1) is 20.5. The summed E-state index contributed by atoms with van der Waals surface area (Å²) in [6, 6.07) is 16.4. The summed E-state index contributed by atoms with van der Waals surface area (Å²) in [5.74, 6) is 1.42. The second-order valence-electron chi connectivity index (χ2n) is 11.4. The Labute approximate surface area is 178 Å². The van der Waals surface area contributed by atoms with Crippen molar-refractivity contribution in [1.82, 2.24) is 0 Å². The summed E-state index contributed by atoms with van der Waals surface area (Å²) in [5, 5.41) is 0. The third kappa shape index (κ3) is 4.11. The highest BCUT2D eigenvalue weighted by atomic mass is 15.1. The molecule has 2 aromatic carbocycles. The van der Waals surface area contributed by atoms with Gasteiger partial charge in [0, 0.05) is 19.3 Å². The van der Waals surface area contributed by atoms with Crippen molar-refractivity contribution in [3.63, 3.8) is 0 Å². The monoisotopic (exact) mass is 389 g/mol. The second kappa shape index (κ2) is 7.49. The van der Waals surface area contributed by atoms with Crippen molar-refractivity contribution in [2.75, 3.05) is 18.5 Å². The molecule has 0 bridgehead atoms. The number of hydrogen-bond acceptors (Lipinski definition) is 1. The average Bonchev–Trinajstić information content (AvgIpc) is 2.66. The van der Waals surface area contributed by atoms with E-state index in [1.54, 1.807) is 11.1 Å². The van der Waals surface area contributed by atoms with E-state index in [1.807, 2.05) is 0 Å². The second-order valence-corrected chi connectivity index (χ2v) is 11.4. The van der Waals surface area contributed by atoms with Crippen LogP contribution in [0.3, 0.4) is 0 Å². The van der Waals surface area contributed by atoms with Crippen molar-refractivity contribution >= 4 is 5.69 Å². The van der Waals surface area contributed by atoms with Gasteiger partial charge < -0.3 is 4.90 Å². The third-order valence-electron chi connectivity index (χ3n) is 7.80. The van der Waals surface area contributed by atoms with Gasteiger partial charge in [0.25, 0.3) is 0 Å². The number of fused-ring (bicyclic) bond motifs is 2. The number of nitrogens with zero attached hydrogens (tertiary/aromatic N) is 1. The van der Waals surface area contributed by atoms with Crippen LogP contribution >= 0.6 is 0 Å². The van der Waals surface area contributed by atoms with E-state index < -0.39 is 0 Å². The van der Waals surface area contributed by atoms with Crippen LogP contribution in [0.15, 0.2) is 42.5 Å². The van der Waals surface area contributed by atoms with Crippen molar-refractivity contribution in [1.29, 1.82) is 0 Å². The third-order valence-corrected chi connectivity index (χ3v) is 7.80. The molecule has 0 N–H and O–H groups in total. The molecular formula is C28H39N. The van der Waals surface area contributed by atoms with Gasteiger partial charge in [-0.15, -0.1) is 0 Å². The summed E-state index contributed by atoms with van der Waals surface area (Å²) in [6.07, 6.45) is 6.25. The average molecular weight is 390 g/mol. The largest absolute Gasteiger partial charge is 0.374 e. The molecule has 2 aromatic rings. The Kier molecular flexibility index (Phi) is 5.30. The normalized spacial score (nSPS) is 22.2. The summed E-state index contributed by atoms with van der Waals surface area (Å²) < 4.78 is 0. The highest BCUT2D eigenvalue weighted by molar-refractivity contribution is 5.57. The predicted octanol–water partition coefficient (Wildman–Crippen LogP) is 7.03. The zero-order chi connectivity index (χ0) is 20.8. The minimum atomic E-state index is 0.254. The van der Waals surface area contributed by atoms with Crippen LogP contribution in [-0.2, 0) is 19.3 Å². The zero-order valence-electron chi connectivity index (χ0n) is 19.4. The molecule has 0 saturated heterocycles. The van der Waals surface area contributed by atoms with Crippen molar-refractivity contribution in [2.24, 2.45) is 16.7 Å². The van der Waals surface area contributed by atoms with Gasteiger partial charge in [-0.25, -0.2) is 0 Å². The zero-order valence-corrected chi connectivity index (χ0v) is 19.4. The maximum absolute atomic E-state index is 2.55. The molecule has 2 unspecified atom stereocenters. The quantitative estimate of drug-likeness (QED) is 0.544. The fourth-order valence-corrected chi connectivity index (χ4v) is 5.85. The van der Waals surface area contributed by atoms with Crippen LogP contribution in [0.4, 0.5) is 5.69 Å². The Bertz CT molecular complexity index is 870. The van der Waals surface area contributed by atoms with E-state index in [0.29, 0.717) is 11.3 Å². The number of aryl methyl sites for hydroxylation is 1. The van der Waals surface area contributed by atoms with Gasteiger partial charge in [0.05, 0.1) is 0 Å². The molecule has 0 radical (unpaired) electrons. The van der Waals surface area contributed by atoms with Gasteiger partial charge in [0.2, 0.25) is 0 Å². The van der Waals surface area contributed by atoms with E-state index in [1.165, 1.54) is 42.5 Å². The molecule has 0 fully saturated rings. The van der Waals surface area contributed by atoms with Crippen molar-refractivity contribution in [2.45, 2.75) is 72.6 Å². The molecule has 1 heterocycles. The van der Waals surface area contributed by atoms with Gasteiger partial charge in [0.1, 0.15) is 0 Å². The first-order valence-corrected chi connectivity index (χ1v) is 11.6. The smallest absolute Gasteiger partial charge is 0.0399 e. The fourth-order valence-electron chi connectivity index (χ4n) is 5.85. The lowest BCUT2D eigenvalue weighted by atomic mass is 9.67. The van der Waals surface area contributed by atoms with Gasteiger partial charge in [-0.05, 0) is 83.1 Å². The maximum Gasteiger partial charge on any atom is 0.0399 e. The lowest BCUT2D eigenvalue weighted by molar-refractivity contribution is 0.216. The Morgan fingerprint density at radius 3 is 2.45 bits per heavy atom. The molecule has 1 nitrogen and oxygen atoms in total. The lowest BCUT2D eigenvalue weighted by Crippen LogP contribution is -2.34. The highest BCUT2D eigenvalue weighted by Gasteiger charge is 2.36. The molecule has 0 aromatic heterocycles. The lowest BCUT2D eigenvalue weighted by Gasteiger charge is -2.42. The minimum absolute atomic E-state index is 0.254. The number of rotatable bonds is 3. The standard InChI is InChI=1S/C28H39N/c1-27(2,3)23-14-13-21-12-11-20(17-22(21)18-23)19-28(4,5)25-15-16-29(6)26-10-8-7-9-24(25)26/h7-12,17,23,25H,13-16,18-19H2,1-6H3. The van der Waals surface area contributed by atoms with Gasteiger partial charge in [-0.3, -0.25) is 0 Å². The molecule has 1 heteroatoms. The molecule has 0 amide bonds. The molecule has 0 spiro atoms. The van der Waals surface area contributed by atoms with E-state index in [2.05, 4.69) is 89.0 Å². The van der Waals surface area contributed by atoms with Crippen LogP contribution in [0.1, 0.15) is 75.6 Å². The molecule has 1 aliphatic carbocycles. The van der Waals surface area contributed by atoms with Gasteiger partial charge >= 0.3 is 0 Å². The first-order valence-electron chi connectivity index (χ1n) is 11.6. The van der Waals surface area contributed by atoms with E-state index >= 15 is 0 Å². The molecule has 4 rings (SSSR count). The summed E-state index contributed by atoms with van der Waals surface area (Å²) in [5.41, 5.74) is 8.37. The minimum Gasteiger partial charge on any atom is -0.374 e. The van der Waals surface area contributed by atoms with Crippen LogP contribution in [0.2, 0.25) is 0 Å². The number of para-hydroxylation sites is 1. The topological polar surface area (TPSA) is 3.24 Å². The molecule has 29 heavy (non-hydrogen) atoms. The van der Waals surface area contributed by atoms with E-state index in [9.17, 15) is 0 Å². The Balaban J connectivity index is 1.57. The van der Waals surface area contributed by atoms with Crippen molar-refractivity contribution in [3.8, 4) is 0 Å². The van der Waals surface area contributed by atoms with Crippen LogP contribution < -0.4 is 4.90 Å². The summed E-state index contributed by atoms with van der Waals surface area (Å²) in [4.78, 5) is 2.42. The van der Waals surface area contributed by atoms with Crippen molar-refractivity contribution < 1.29 is 0 Å². The first-order chi connectivity index (χ1) is 13.6. The summed E-state index contributed by atoms with van der Waals surface area (Å²) in [6.45, 7) is 13.4. The van der Waals surface area contributed by atoms with Crippen LogP contribution in [0.25, 0.3) is 0 Å². The molecular weight excluding hydrogens is 350 g/mol. The Hall–Kier alpha value is -1.76. The fraction of sp³-hybridized carbons (Fsp3) is 0.571. The molecule has 2 aliphatic rings. The number of hydrogen-bond donors (Lipinski definition) is 0. The molecule has 156 valence electrons. The van der Waals surface area contributed by atoms with Gasteiger partial charge in [-0.1, -0.05) is 71.0 Å². The summed E-state index contributed by atoms with van der Waals surface area (Å²) >= 11 is 0. The Morgan fingerprint density at radius 1 is 0.931 bits per heavy atom. The molecule has 0 saturated carbocycles. The van der Waals surface area contributed by atoms with E-state index in [4.69, 9.17) is 0 Å². The molecule has 1 aliphatic heterocycles. The van der Waals surface area contributed by atoms with E-state index in [0.717, 1.165) is 18.9 Å². The predicted molar refractivity (Wildman–Crippen MR) is 126 cm³/mol. The number of benzene rings is 2. The van der Waals surface area contributed by atoms with E-state index in [-0.39, 0.29) is 5.41 Å². The maximum atomic E-state index is 2.55.